The number of nitrogens with one attached hydrogen (secondary N) is 1. The first-order valence-corrected chi connectivity index (χ1v) is 10.4. The van der Waals surface area contributed by atoms with Crippen LogP contribution in [0.15, 0.2) is 53.9 Å². The monoisotopic (exact) mass is 393 g/mol. The molecule has 2 aromatic carbocycles. The summed E-state index contributed by atoms with van der Waals surface area (Å²) in [5, 5.41) is 6.06. The lowest BCUT2D eigenvalue weighted by Crippen LogP contribution is -2.36. The Balaban J connectivity index is 1.42. The predicted molar refractivity (Wildman–Crippen MR) is 114 cm³/mol. The van der Waals surface area contributed by atoms with Gasteiger partial charge in [-0.15, -0.1) is 11.3 Å². The summed E-state index contributed by atoms with van der Waals surface area (Å²) in [6.45, 7) is 5.38. The molecule has 5 nitrogen and oxygen atoms in total. The lowest BCUT2D eigenvalue weighted by atomic mass is 10.1. The molecule has 0 saturated carbocycles. The summed E-state index contributed by atoms with van der Waals surface area (Å²) in [7, 11) is 0. The number of ether oxygens (including phenoxy) is 1. The van der Waals surface area contributed by atoms with Crippen molar-refractivity contribution in [3.63, 3.8) is 0 Å². The average Bonchev–Trinajstić information content (AvgIpc) is 3.25. The van der Waals surface area contributed by atoms with Gasteiger partial charge in [-0.25, -0.2) is 4.98 Å². The largest absolute Gasteiger partial charge is 0.378 e. The van der Waals surface area contributed by atoms with E-state index in [4.69, 9.17) is 9.72 Å². The molecule has 0 spiro atoms. The fourth-order valence-corrected chi connectivity index (χ4v) is 4.00. The van der Waals surface area contributed by atoms with Crippen LogP contribution in [0.25, 0.3) is 11.3 Å². The molecule has 1 amide bonds. The molecule has 0 unspecified atom stereocenters. The Morgan fingerprint density at radius 3 is 2.50 bits per heavy atom. The number of nitrogens with zero attached hydrogens (tertiary/aromatic N) is 2. The molecule has 1 fully saturated rings. The van der Waals surface area contributed by atoms with Gasteiger partial charge in [0.15, 0.2) is 5.13 Å². The summed E-state index contributed by atoms with van der Waals surface area (Å²) in [6, 6.07) is 15.5. The number of morpholine rings is 1. The highest BCUT2D eigenvalue weighted by molar-refractivity contribution is 7.14. The zero-order chi connectivity index (χ0) is 19.3. The molecule has 28 heavy (non-hydrogen) atoms. The molecule has 0 atom stereocenters. The second-order valence-corrected chi connectivity index (χ2v) is 7.53. The van der Waals surface area contributed by atoms with Crippen LogP contribution >= 0.6 is 11.3 Å². The van der Waals surface area contributed by atoms with E-state index < -0.39 is 0 Å². The van der Waals surface area contributed by atoms with Gasteiger partial charge in [0.25, 0.3) is 5.91 Å². The van der Waals surface area contributed by atoms with Crippen molar-refractivity contribution in [3.05, 3.63) is 65.0 Å². The van der Waals surface area contributed by atoms with Crippen LogP contribution in [0.3, 0.4) is 0 Å². The minimum Gasteiger partial charge on any atom is -0.378 e. The van der Waals surface area contributed by atoms with Crippen molar-refractivity contribution in [2.24, 2.45) is 0 Å². The van der Waals surface area contributed by atoms with E-state index in [-0.39, 0.29) is 5.91 Å². The predicted octanol–water partition coefficient (Wildman–Crippen LogP) is 4.46. The van der Waals surface area contributed by atoms with E-state index in [2.05, 4.69) is 22.5 Å². The van der Waals surface area contributed by atoms with Crippen molar-refractivity contribution >= 4 is 28.1 Å². The van der Waals surface area contributed by atoms with Gasteiger partial charge in [0, 0.05) is 35.3 Å². The molecule has 4 rings (SSSR count). The molecule has 1 aromatic heterocycles. The van der Waals surface area contributed by atoms with E-state index in [0.717, 1.165) is 54.8 Å². The Morgan fingerprint density at radius 2 is 1.82 bits per heavy atom. The Kier molecular flexibility index (Phi) is 5.69. The average molecular weight is 394 g/mol. The zero-order valence-corrected chi connectivity index (χ0v) is 16.7. The maximum atomic E-state index is 12.4. The van der Waals surface area contributed by atoms with Gasteiger partial charge in [-0.05, 0) is 36.2 Å². The van der Waals surface area contributed by atoms with Gasteiger partial charge in [-0.2, -0.15) is 0 Å². The molecule has 0 bridgehead atoms. The smallest absolute Gasteiger partial charge is 0.255 e. The second kappa shape index (κ2) is 8.54. The van der Waals surface area contributed by atoms with Crippen LogP contribution in [0.4, 0.5) is 10.8 Å². The van der Waals surface area contributed by atoms with Gasteiger partial charge in [0.05, 0.1) is 18.9 Å². The SMILES string of the molecule is CCc1ccc(C(=O)Nc2ccc(-c3csc(N4CCOCC4)n3)cc2)cc1. The fraction of sp³-hybridized carbons (Fsp3) is 0.273. The zero-order valence-electron chi connectivity index (χ0n) is 15.9. The van der Waals surface area contributed by atoms with Gasteiger partial charge in [0.1, 0.15) is 0 Å². The Hall–Kier alpha value is -2.70. The lowest BCUT2D eigenvalue weighted by Gasteiger charge is -2.26. The van der Waals surface area contributed by atoms with E-state index in [0.29, 0.717) is 5.56 Å². The number of amides is 1. The van der Waals surface area contributed by atoms with Crippen LogP contribution in [-0.4, -0.2) is 37.2 Å². The maximum absolute atomic E-state index is 12.4. The molecule has 0 aliphatic carbocycles. The molecule has 3 aromatic rings. The molecular formula is C22H23N3O2S. The van der Waals surface area contributed by atoms with E-state index in [1.165, 1.54) is 5.56 Å². The highest BCUT2D eigenvalue weighted by Gasteiger charge is 2.15. The van der Waals surface area contributed by atoms with Crippen LogP contribution in [-0.2, 0) is 11.2 Å². The summed E-state index contributed by atoms with van der Waals surface area (Å²) in [5.41, 5.74) is 4.66. The first kappa shape index (κ1) is 18.7. The van der Waals surface area contributed by atoms with Crippen LogP contribution in [0, 0.1) is 0 Å². The lowest BCUT2D eigenvalue weighted by molar-refractivity contribution is 0.102. The number of aromatic nitrogens is 1. The number of hydrogen-bond donors (Lipinski definition) is 1. The number of carbonyl (C=O) groups excluding carboxylic acids is 1. The van der Waals surface area contributed by atoms with Gasteiger partial charge in [0.2, 0.25) is 0 Å². The van der Waals surface area contributed by atoms with Crippen molar-refractivity contribution in [2.45, 2.75) is 13.3 Å². The topological polar surface area (TPSA) is 54.5 Å². The van der Waals surface area contributed by atoms with Crippen molar-refractivity contribution in [1.82, 2.24) is 4.98 Å². The second-order valence-electron chi connectivity index (χ2n) is 6.70. The number of aryl methyl sites for hydroxylation is 1. The number of thiazole rings is 1. The van der Waals surface area contributed by atoms with Crippen molar-refractivity contribution < 1.29 is 9.53 Å². The minimum atomic E-state index is -0.0985. The van der Waals surface area contributed by atoms with Gasteiger partial charge >= 0.3 is 0 Å². The molecule has 2 heterocycles. The maximum Gasteiger partial charge on any atom is 0.255 e. The summed E-state index contributed by atoms with van der Waals surface area (Å²) in [6.07, 6.45) is 0.966. The molecule has 0 radical (unpaired) electrons. The van der Waals surface area contributed by atoms with Crippen LogP contribution < -0.4 is 10.2 Å². The third-order valence-electron chi connectivity index (χ3n) is 4.84. The summed E-state index contributed by atoms with van der Waals surface area (Å²) < 4.78 is 5.40. The molecule has 144 valence electrons. The van der Waals surface area contributed by atoms with Gasteiger partial charge < -0.3 is 15.0 Å². The standard InChI is InChI=1S/C22H23N3O2S/c1-2-16-3-5-18(6-4-16)21(26)23-19-9-7-17(8-10-19)20-15-28-22(24-20)25-11-13-27-14-12-25/h3-10,15H,2,11-14H2,1H3,(H,23,26). The molecular weight excluding hydrogens is 370 g/mol. The quantitative estimate of drug-likeness (QED) is 0.695. The molecule has 1 aliphatic rings. The Morgan fingerprint density at radius 1 is 1.11 bits per heavy atom. The minimum absolute atomic E-state index is 0.0985. The first-order chi connectivity index (χ1) is 13.7. The van der Waals surface area contributed by atoms with Crippen molar-refractivity contribution in [1.29, 1.82) is 0 Å². The summed E-state index contributed by atoms with van der Waals surface area (Å²) >= 11 is 1.66. The third-order valence-corrected chi connectivity index (χ3v) is 5.74. The van der Waals surface area contributed by atoms with E-state index in [1.54, 1.807) is 11.3 Å². The van der Waals surface area contributed by atoms with Crippen LogP contribution in [0.2, 0.25) is 0 Å². The Bertz CT molecular complexity index is 929. The van der Waals surface area contributed by atoms with Gasteiger partial charge in [-0.3, -0.25) is 4.79 Å². The molecule has 1 saturated heterocycles. The van der Waals surface area contributed by atoms with Crippen LogP contribution in [0.5, 0.6) is 0 Å². The number of anilines is 2. The summed E-state index contributed by atoms with van der Waals surface area (Å²) in [5.74, 6) is -0.0985. The molecule has 1 N–H and O–H groups in total. The third kappa shape index (κ3) is 4.24. The van der Waals surface area contributed by atoms with Crippen LogP contribution in [0.1, 0.15) is 22.8 Å². The highest BCUT2D eigenvalue weighted by Crippen LogP contribution is 2.28. The van der Waals surface area contributed by atoms with E-state index >= 15 is 0 Å². The highest BCUT2D eigenvalue weighted by atomic mass is 32.1. The van der Waals surface area contributed by atoms with Crippen molar-refractivity contribution in [3.8, 4) is 11.3 Å². The summed E-state index contributed by atoms with van der Waals surface area (Å²) in [4.78, 5) is 19.4. The molecule has 6 heteroatoms. The van der Waals surface area contributed by atoms with Gasteiger partial charge in [-0.1, -0.05) is 31.2 Å². The normalized spacial score (nSPS) is 14.1. The number of benzene rings is 2. The number of hydrogen-bond acceptors (Lipinski definition) is 5. The van der Waals surface area contributed by atoms with E-state index in [9.17, 15) is 4.79 Å². The number of carbonyl (C=O) groups is 1. The first-order valence-electron chi connectivity index (χ1n) is 9.52. The number of rotatable bonds is 5. The molecule has 1 aliphatic heterocycles. The van der Waals surface area contributed by atoms with E-state index in [1.807, 2.05) is 48.5 Å². The van der Waals surface area contributed by atoms with Crippen molar-refractivity contribution in [2.75, 3.05) is 36.5 Å². The Labute approximate surface area is 169 Å². The fourth-order valence-electron chi connectivity index (χ4n) is 3.12.